The molecule has 1 aromatic rings. The van der Waals surface area contributed by atoms with Crippen molar-refractivity contribution in [1.29, 1.82) is 0 Å². The van der Waals surface area contributed by atoms with Crippen molar-refractivity contribution in [3.63, 3.8) is 0 Å². The average molecular weight is 282 g/mol. The highest BCUT2D eigenvalue weighted by atomic mass is 16.5. The van der Waals surface area contributed by atoms with Gasteiger partial charge in [-0.15, -0.1) is 0 Å². The Morgan fingerprint density at radius 3 is 2.75 bits per heavy atom. The van der Waals surface area contributed by atoms with Gasteiger partial charge in [-0.25, -0.2) is 0 Å². The highest BCUT2D eigenvalue weighted by Crippen LogP contribution is 2.26. The number of nitrogens with one attached hydrogen (secondary N) is 1. The molecule has 0 fully saturated rings. The van der Waals surface area contributed by atoms with Crippen LogP contribution in [-0.2, 0) is 14.3 Å². The van der Waals surface area contributed by atoms with E-state index in [0.29, 0.717) is 30.3 Å². The van der Waals surface area contributed by atoms with E-state index in [4.69, 9.17) is 19.9 Å². The largest absolute Gasteiger partial charge is 0.494 e. The smallest absolute Gasteiger partial charge is 0.250 e. The van der Waals surface area contributed by atoms with Gasteiger partial charge in [0.1, 0.15) is 12.4 Å². The Balaban J connectivity index is 2.35. The van der Waals surface area contributed by atoms with Crippen molar-refractivity contribution in [2.75, 3.05) is 38.0 Å². The summed E-state index contributed by atoms with van der Waals surface area (Å²) in [4.78, 5) is 11.7. The first kappa shape index (κ1) is 16.3. The van der Waals surface area contributed by atoms with Gasteiger partial charge in [-0.3, -0.25) is 4.79 Å². The van der Waals surface area contributed by atoms with Gasteiger partial charge in [0, 0.05) is 11.8 Å². The molecule has 112 valence electrons. The third-order valence-corrected chi connectivity index (χ3v) is 2.41. The maximum atomic E-state index is 11.7. The van der Waals surface area contributed by atoms with Crippen molar-refractivity contribution in [2.24, 2.45) is 0 Å². The molecule has 0 unspecified atom stereocenters. The summed E-state index contributed by atoms with van der Waals surface area (Å²) in [5, 5.41) is 2.70. The summed E-state index contributed by atoms with van der Waals surface area (Å²) in [5.41, 5.74) is 6.78. The monoisotopic (exact) mass is 282 g/mol. The van der Waals surface area contributed by atoms with Gasteiger partial charge in [-0.05, 0) is 26.0 Å². The van der Waals surface area contributed by atoms with Crippen LogP contribution in [0, 0.1) is 0 Å². The number of nitrogen functional groups attached to an aromatic ring is 1. The second-order valence-electron chi connectivity index (χ2n) is 4.48. The van der Waals surface area contributed by atoms with Crippen molar-refractivity contribution in [2.45, 2.75) is 20.0 Å². The van der Waals surface area contributed by atoms with Gasteiger partial charge in [0.05, 0.1) is 32.1 Å². The summed E-state index contributed by atoms with van der Waals surface area (Å²) in [7, 11) is 1.52. The Morgan fingerprint density at radius 2 is 2.10 bits per heavy atom. The number of hydrogen-bond donors (Lipinski definition) is 2. The molecule has 0 aliphatic heterocycles. The molecule has 0 heterocycles. The lowest BCUT2D eigenvalue weighted by atomic mass is 10.2. The molecule has 0 radical (unpaired) electrons. The van der Waals surface area contributed by atoms with Gasteiger partial charge >= 0.3 is 0 Å². The minimum atomic E-state index is -0.252. The molecular formula is C14H22N2O4. The van der Waals surface area contributed by atoms with Crippen LogP contribution in [0.15, 0.2) is 18.2 Å². The molecule has 0 aliphatic carbocycles. The third kappa shape index (κ3) is 5.90. The molecule has 20 heavy (non-hydrogen) atoms. The fourth-order valence-corrected chi connectivity index (χ4v) is 1.50. The van der Waals surface area contributed by atoms with Crippen molar-refractivity contribution < 1.29 is 19.0 Å². The van der Waals surface area contributed by atoms with E-state index in [9.17, 15) is 4.79 Å². The predicted molar refractivity (Wildman–Crippen MR) is 77.9 cm³/mol. The average Bonchev–Trinajstić information content (AvgIpc) is 2.40. The Hall–Kier alpha value is -1.79. The summed E-state index contributed by atoms with van der Waals surface area (Å²) < 4.78 is 15.7. The maximum absolute atomic E-state index is 11.7. The Labute approximate surface area is 119 Å². The summed E-state index contributed by atoms with van der Waals surface area (Å²) in [5.74, 6) is 0.263. The van der Waals surface area contributed by atoms with E-state index >= 15 is 0 Å². The van der Waals surface area contributed by atoms with E-state index in [1.54, 1.807) is 18.2 Å². The lowest BCUT2D eigenvalue weighted by Crippen LogP contribution is -2.20. The van der Waals surface area contributed by atoms with E-state index in [2.05, 4.69) is 5.32 Å². The molecule has 0 saturated carbocycles. The number of amides is 1. The number of rotatable bonds is 8. The van der Waals surface area contributed by atoms with Crippen LogP contribution in [0.3, 0.4) is 0 Å². The van der Waals surface area contributed by atoms with Gasteiger partial charge in [-0.1, -0.05) is 0 Å². The molecule has 6 nitrogen and oxygen atoms in total. The van der Waals surface area contributed by atoms with E-state index in [0.717, 1.165) is 0 Å². The lowest BCUT2D eigenvalue weighted by Gasteiger charge is -2.11. The van der Waals surface area contributed by atoms with Crippen LogP contribution in [-0.4, -0.2) is 38.9 Å². The quantitative estimate of drug-likeness (QED) is 0.559. The van der Waals surface area contributed by atoms with Crippen molar-refractivity contribution >= 4 is 17.3 Å². The minimum absolute atomic E-state index is 0.0328. The number of methoxy groups -OCH3 is 1. The molecule has 1 amide bonds. The summed E-state index contributed by atoms with van der Waals surface area (Å²) in [6, 6.07) is 5.02. The predicted octanol–water partition coefficient (Wildman–Crippen LogP) is 1.66. The number of carbonyl (C=O) groups excluding carboxylic acids is 1. The standard InChI is InChI=1S/C14H22N2O4/c1-10(2)20-7-6-19-9-14(17)16-12-5-4-11(15)8-13(12)18-3/h4-5,8,10H,6-7,9,15H2,1-3H3,(H,16,17). The summed E-state index contributed by atoms with van der Waals surface area (Å²) in [6.45, 7) is 4.70. The number of hydrogen-bond acceptors (Lipinski definition) is 5. The number of benzene rings is 1. The van der Waals surface area contributed by atoms with Crippen molar-refractivity contribution in [1.82, 2.24) is 0 Å². The first-order chi connectivity index (χ1) is 9.52. The van der Waals surface area contributed by atoms with Crippen LogP contribution in [0.1, 0.15) is 13.8 Å². The highest BCUT2D eigenvalue weighted by Gasteiger charge is 2.08. The Bertz CT molecular complexity index is 435. The number of anilines is 2. The Kier molecular flexibility index (Phi) is 6.83. The van der Waals surface area contributed by atoms with E-state index in [-0.39, 0.29) is 18.6 Å². The normalized spacial score (nSPS) is 10.6. The molecule has 0 atom stereocenters. The molecule has 0 spiro atoms. The van der Waals surface area contributed by atoms with Crippen LogP contribution in [0.25, 0.3) is 0 Å². The first-order valence-corrected chi connectivity index (χ1v) is 6.45. The summed E-state index contributed by atoms with van der Waals surface area (Å²) >= 11 is 0. The Morgan fingerprint density at radius 1 is 1.35 bits per heavy atom. The topological polar surface area (TPSA) is 82.8 Å². The molecule has 0 aliphatic rings. The zero-order chi connectivity index (χ0) is 15.0. The zero-order valence-electron chi connectivity index (χ0n) is 12.1. The maximum Gasteiger partial charge on any atom is 0.250 e. The van der Waals surface area contributed by atoms with E-state index < -0.39 is 0 Å². The van der Waals surface area contributed by atoms with Crippen LogP contribution < -0.4 is 15.8 Å². The lowest BCUT2D eigenvalue weighted by molar-refractivity contribution is -0.121. The fraction of sp³-hybridized carbons (Fsp3) is 0.500. The van der Waals surface area contributed by atoms with Gasteiger partial charge < -0.3 is 25.3 Å². The second-order valence-corrected chi connectivity index (χ2v) is 4.48. The van der Waals surface area contributed by atoms with Gasteiger partial charge in [0.2, 0.25) is 5.91 Å². The number of ether oxygens (including phenoxy) is 3. The fourth-order valence-electron chi connectivity index (χ4n) is 1.50. The van der Waals surface area contributed by atoms with Gasteiger partial charge in [0.15, 0.2) is 0 Å². The van der Waals surface area contributed by atoms with Crippen LogP contribution >= 0.6 is 0 Å². The third-order valence-electron chi connectivity index (χ3n) is 2.41. The van der Waals surface area contributed by atoms with E-state index in [1.807, 2.05) is 13.8 Å². The van der Waals surface area contributed by atoms with Crippen LogP contribution in [0.2, 0.25) is 0 Å². The van der Waals surface area contributed by atoms with Crippen LogP contribution in [0.5, 0.6) is 5.75 Å². The molecule has 0 aromatic heterocycles. The van der Waals surface area contributed by atoms with E-state index in [1.165, 1.54) is 7.11 Å². The molecule has 0 saturated heterocycles. The minimum Gasteiger partial charge on any atom is -0.494 e. The van der Waals surface area contributed by atoms with Crippen molar-refractivity contribution in [3.8, 4) is 5.75 Å². The zero-order valence-corrected chi connectivity index (χ0v) is 12.1. The molecule has 1 rings (SSSR count). The SMILES string of the molecule is COc1cc(N)ccc1NC(=O)COCCOC(C)C. The molecule has 0 bridgehead atoms. The number of carbonyl (C=O) groups is 1. The molecule has 6 heteroatoms. The van der Waals surface area contributed by atoms with Gasteiger partial charge in [0.25, 0.3) is 0 Å². The van der Waals surface area contributed by atoms with Crippen LogP contribution in [0.4, 0.5) is 11.4 Å². The molecular weight excluding hydrogens is 260 g/mol. The molecule has 1 aromatic carbocycles. The molecule has 3 N–H and O–H groups in total. The highest BCUT2D eigenvalue weighted by molar-refractivity contribution is 5.93. The number of nitrogens with two attached hydrogens (primary N) is 1. The van der Waals surface area contributed by atoms with Gasteiger partial charge in [-0.2, -0.15) is 0 Å². The van der Waals surface area contributed by atoms with Crippen molar-refractivity contribution in [3.05, 3.63) is 18.2 Å². The second kappa shape index (κ2) is 8.39. The summed E-state index contributed by atoms with van der Waals surface area (Å²) in [6.07, 6.45) is 0.159. The first-order valence-electron chi connectivity index (χ1n) is 6.45.